The molecule has 2 fully saturated rings. The smallest absolute Gasteiger partial charge is 0.120 e. The first-order valence-electron chi connectivity index (χ1n) is 8.64. The minimum Gasteiger partial charge on any atom is -0.490 e. The van der Waals surface area contributed by atoms with E-state index in [4.69, 9.17) is 9.84 Å². The lowest BCUT2D eigenvalue weighted by molar-refractivity contribution is 0.108. The molecule has 4 heteroatoms. The molecule has 4 nitrogen and oxygen atoms in total. The summed E-state index contributed by atoms with van der Waals surface area (Å²) in [5.74, 6) is 1.03. The molecule has 0 radical (unpaired) electrons. The molecule has 22 heavy (non-hydrogen) atoms. The standard InChI is InChI=1S/C18H28N2O2/c21-13-12-19-8-10-20(11-9-19)15-16-4-3-7-18(14-16)22-17-5-1-2-6-17/h3-4,7,14,17,21H,1-2,5-6,8-13,15H2. The van der Waals surface area contributed by atoms with Gasteiger partial charge in [0.15, 0.2) is 0 Å². The largest absolute Gasteiger partial charge is 0.490 e. The molecule has 0 aromatic heterocycles. The summed E-state index contributed by atoms with van der Waals surface area (Å²) >= 11 is 0. The Hall–Kier alpha value is -1.10. The van der Waals surface area contributed by atoms with Crippen molar-refractivity contribution in [2.24, 2.45) is 0 Å². The van der Waals surface area contributed by atoms with Gasteiger partial charge in [-0.25, -0.2) is 0 Å². The van der Waals surface area contributed by atoms with Crippen LogP contribution in [0, 0.1) is 0 Å². The summed E-state index contributed by atoms with van der Waals surface area (Å²) < 4.78 is 6.10. The molecule has 0 unspecified atom stereocenters. The van der Waals surface area contributed by atoms with Crippen molar-refractivity contribution in [2.75, 3.05) is 39.3 Å². The summed E-state index contributed by atoms with van der Waals surface area (Å²) in [5, 5.41) is 9.00. The van der Waals surface area contributed by atoms with Crippen molar-refractivity contribution in [3.05, 3.63) is 29.8 Å². The number of rotatable bonds is 6. The van der Waals surface area contributed by atoms with E-state index in [1.165, 1.54) is 31.2 Å². The molecule has 1 aromatic rings. The Kier molecular flexibility index (Phi) is 5.70. The van der Waals surface area contributed by atoms with Crippen molar-refractivity contribution in [3.63, 3.8) is 0 Å². The molecule has 2 aliphatic rings. The summed E-state index contributed by atoms with van der Waals surface area (Å²) in [5.41, 5.74) is 1.34. The van der Waals surface area contributed by atoms with E-state index in [2.05, 4.69) is 34.1 Å². The number of aliphatic hydroxyl groups excluding tert-OH is 1. The highest BCUT2D eigenvalue weighted by Gasteiger charge is 2.18. The third-order valence-electron chi connectivity index (χ3n) is 4.79. The van der Waals surface area contributed by atoms with Gasteiger partial charge >= 0.3 is 0 Å². The Bertz CT molecular complexity index is 452. The maximum absolute atomic E-state index is 9.00. The van der Waals surface area contributed by atoms with Gasteiger partial charge in [0, 0.05) is 39.3 Å². The second kappa shape index (κ2) is 7.95. The zero-order chi connectivity index (χ0) is 15.2. The van der Waals surface area contributed by atoms with Gasteiger partial charge in [-0.1, -0.05) is 12.1 Å². The van der Waals surface area contributed by atoms with Crippen LogP contribution in [0.4, 0.5) is 0 Å². The number of nitrogens with zero attached hydrogens (tertiary/aromatic N) is 2. The van der Waals surface area contributed by atoms with Crippen molar-refractivity contribution in [3.8, 4) is 5.75 Å². The Morgan fingerprint density at radius 1 is 1.05 bits per heavy atom. The van der Waals surface area contributed by atoms with Crippen LogP contribution in [-0.2, 0) is 6.54 Å². The normalized spacial score (nSPS) is 21.3. The van der Waals surface area contributed by atoms with E-state index in [0.717, 1.165) is 45.0 Å². The lowest BCUT2D eigenvalue weighted by atomic mass is 10.2. The molecule has 3 rings (SSSR count). The van der Waals surface area contributed by atoms with Crippen LogP contribution in [0.5, 0.6) is 5.75 Å². The van der Waals surface area contributed by atoms with Gasteiger partial charge in [0.05, 0.1) is 12.7 Å². The topological polar surface area (TPSA) is 35.9 Å². The summed E-state index contributed by atoms with van der Waals surface area (Å²) in [6.07, 6.45) is 5.45. The molecule has 1 saturated carbocycles. The van der Waals surface area contributed by atoms with Crippen LogP contribution < -0.4 is 4.74 Å². The van der Waals surface area contributed by atoms with Crippen molar-refractivity contribution in [1.29, 1.82) is 0 Å². The zero-order valence-electron chi connectivity index (χ0n) is 13.4. The summed E-state index contributed by atoms with van der Waals surface area (Å²) in [6.45, 7) is 6.33. The Morgan fingerprint density at radius 2 is 1.77 bits per heavy atom. The van der Waals surface area contributed by atoms with E-state index >= 15 is 0 Å². The van der Waals surface area contributed by atoms with Crippen LogP contribution in [-0.4, -0.2) is 60.3 Å². The first kappa shape index (κ1) is 15.8. The van der Waals surface area contributed by atoms with Gasteiger partial charge in [0.1, 0.15) is 5.75 Å². The molecule has 0 bridgehead atoms. The SMILES string of the molecule is OCCN1CCN(Cc2cccc(OC3CCCC3)c2)CC1. The third kappa shape index (κ3) is 4.45. The molecular weight excluding hydrogens is 276 g/mol. The number of β-amino-alcohol motifs (C(OH)–C–C–N with tert-alkyl or cyclic N) is 1. The lowest BCUT2D eigenvalue weighted by Crippen LogP contribution is -2.46. The fourth-order valence-corrected chi connectivity index (χ4v) is 3.49. The van der Waals surface area contributed by atoms with E-state index < -0.39 is 0 Å². The number of aliphatic hydroxyl groups is 1. The van der Waals surface area contributed by atoms with Gasteiger partial charge in [-0.05, 0) is 43.4 Å². The quantitative estimate of drug-likeness (QED) is 0.873. The minimum atomic E-state index is 0.264. The maximum Gasteiger partial charge on any atom is 0.120 e. The van der Waals surface area contributed by atoms with Gasteiger partial charge in [-0.15, -0.1) is 0 Å². The number of piperazine rings is 1. The molecule has 1 aromatic carbocycles. The summed E-state index contributed by atoms with van der Waals surface area (Å²) in [4.78, 5) is 4.82. The average molecular weight is 304 g/mol. The number of hydrogen-bond donors (Lipinski definition) is 1. The molecule has 0 spiro atoms. The monoisotopic (exact) mass is 304 g/mol. The maximum atomic E-state index is 9.00. The van der Waals surface area contributed by atoms with Crippen LogP contribution in [0.25, 0.3) is 0 Å². The second-order valence-electron chi connectivity index (χ2n) is 6.51. The van der Waals surface area contributed by atoms with E-state index in [1.54, 1.807) is 0 Å². The average Bonchev–Trinajstić information content (AvgIpc) is 3.03. The minimum absolute atomic E-state index is 0.264. The number of hydrogen-bond acceptors (Lipinski definition) is 4. The molecule has 1 aliphatic carbocycles. The predicted octanol–water partition coefficient (Wildman–Crippen LogP) is 2.12. The molecule has 122 valence electrons. The van der Waals surface area contributed by atoms with Gasteiger partial charge in [-0.3, -0.25) is 9.80 Å². The zero-order valence-corrected chi connectivity index (χ0v) is 13.4. The van der Waals surface area contributed by atoms with Crippen molar-refractivity contribution < 1.29 is 9.84 Å². The van der Waals surface area contributed by atoms with E-state index in [-0.39, 0.29) is 6.61 Å². The number of ether oxygens (including phenoxy) is 1. The fourth-order valence-electron chi connectivity index (χ4n) is 3.49. The fraction of sp³-hybridized carbons (Fsp3) is 0.667. The second-order valence-corrected chi connectivity index (χ2v) is 6.51. The Labute approximate surface area is 133 Å². The van der Waals surface area contributed by atoms with Gasteiger partial charge in [0.2, 0.25) is 0 Å². The Morgan fingerprint density at radius 3 is 2.50 bits per heavy atom. The van der Waals surface area contributed by atoms with Crippen molar-refractivity contribution in [1.82, 2.24) is 9.80 Å². The third-order valence-corrected chi connectivity index (χ3v) is 4.79. The molecular formula is C18H28N2O2. The van der Waals surface area contributed by atoms with Crippen LogP contribution >= 0.6 is 0 Å². The highest BCUT2D eigenvalue weighted by Crippen LogP contribution is 2.25. The van der Waals surface area contributed by atoms with E-state index in [0.29, 0.717) is 6.10 Å². The van der Waals surface area contributed by atoms with Crippen LogP contribution in [0.2, 0.25) is 0 Å². The van der Waals surface area contributed by atoms with E-state index in [1.807, 2.05) is 0 Å². The summed E-state index contributed by atoms with van der Waals surface area (Å²) in [6, 6.07) is 8.60. The molecule has 1 saturated heterocycles. The van der Waals surface area contributed by atoms with Gasteiger partial charge in [-0.2, -0.15) is 0 Å². The first-order valence-corrected chi connectivity index (χ1v) is 8.64. The van der Waals surface area contributed by atoms with Crippen LogP contribution in [0.1, 0.15) is 31.2 Å². The molecule has 0 atom stereocenters. The highest BCUT2D eigenvalue weighted by atomic mass is 16.5. The highest BCUT2D eigenvalue weighted by molar-refractivity contribution is 5.28. The number of benzene rings is 1. The lowest BCUT2D eigenvalue weighted by Gasteiger charge is -2.34. The van der Waals surface area contributed by atoms with Crippen molar-refractivity contribution >= 4 is 0 Å². The van der Waals surface area contributed by atoms with Crippen molar-refractivity contribution in [2.45, 2.75) is 38.3 Å². The van der Waals surface area contributed by atoms with E-state index in [9.17, 15) is 0 Å². The molecule has 1 aliphatic heterocycles. The van der Waals surface area contributed by atoms with Crippen LogP contribution in [0.3, 0.4) is 0 Å². The molecule has 1 N–H and O–H groups in total. The Balaban J connectivity index is 1.50. The van der Waals surface area contributed by atoms with Gasteiger partial charge < -0.3 is 9.84 Å². The van der Waals surface area contributed by atoms with Crippen LogP contribution in [0.15, 0.2) is 24.3 Å². The predicted molar refractivity (Wildman–Crippen MR) is 88.1 cm³/mol. The molecule has 0 amide bonds. The first-order chi connectivity index (χ1) is 10.8. The van der Waals surface area contributed by atoms with Gasteiger partial charge in [0.25, 0.3) is 0 Å². The summed E-state index contributed by atoms with van der Waals surface area (Å²) in [7, 11) is 0. The molecule has 1 heterocycles.